The van der Waals surface area contributed by atoms with Crippen molar-refractivity contribution < 1.29 is 13.2 Å². The molecule has 0 aromatic heterocycles. The Balaban J connectivity index is 2.27. The van der Waals surface area contributed by atoms with Crippen LogP contribution in [0.1, 0.15) is 30.4 Å². The van der Waals surface area contributed by atoms with Crippen molar-refractivity contribution in [1.82, 2.24) is 4.90 Å². The highest BCUT2D eigenvalue weighted by molar-refractivity contribution is 6.32. The van der Waals surface area contributed by atoms with E-state index in [0.29, 0.717) is 12.1 Å². The van der Waals surface area contributed by atoms with Crippen molar-refractivity contribution in [3.63, 3.8) is 0 Å². The predicted octanol–water partition coefficient (Wildman–Crippen LogP) is 3.93. The fraction of sp³-hybridized carbons (Fsp3) is 0.538. The third-order valence-corrected chi connectivity index (χ3v) is 3.76. The van der Waals surface area contributed by atoms with Crippen LogP contribution in [-0.4, -0.2) is 18.0 Å². The van der Waals surface area contributed by atoms with Crippen molar-refractivity contribution in [2.45, 2.75) is 32.0 Å². The molecule has 1 saturated heterocycles. The van der Waals surface area contributed by atoms with Gasteiger partial charge in [-0.05, 0) is 43.6 Å². The number of halogens is 4. The lowest BCUT2D eigenvalue weighted by Gasteiger charge is -2.27. The number of piperidine rings is 1. The van der Waals surface area contributed by atoms with Gasteiger partial charge in [0, 0.05) is 12.2 Å². The van der Waals surface area contributed by atoms with Crippen LogP contribution in [0.3, 0.4) is 0 Å². The summed E-state index contributed by atoms with van der Waals surface area (Å²) in [7, 11) is 0. The van der Waals surface area contributed by atoms with Crippen LogP contribution < -0.4 is 5.73 Å². The predicted molar refractivity (Wildman–Crippen MR) is 70.0 cm³/mol. The van der Waals surface area contributed by atoms with Crippen molar-refractivity contribution in [2.75, 3.05) is 18.8 Å². The molecule has 1 aromatic rings. The summed E-state index contributed by atoms with van der Waals surface area (Å²) >= 11 is 5.88. The summed E-state index contributed by atoms with van der Waals surface area (Å²) in [5.74, 6) is 0. The molecule has 0 aliphatic carbocycles. The summed E-state index contributed by atoms with van der Waals surface area (Å²) in [5.41, 5.74) is 5.26. The van der Waals surface area contributed by atoms with Gasteiger partial charge in [-0.3, -0.25) is 4.90 Å². The second-order valence-electron chi connectivity index (χ2n) is 4.88. The van der Waals surface area contributed by atoms with Gasteiger partial charge in [0.2, 0.25) is 0 Å². The van der Waals surface area contributed by atoms with E-state index in [1.165, 1.54) is 12.5 Å². The molecule has 0 amide bonds. The highest BCUT2D eigenvalue weighted by atomic mass is 35.5. The minimum atomic E-state index is -4.47. The minimum absolute atomic E-state index is 0.101. The van der Waals surface area contributed by atoms with Gasteiger partial charge in [0.05, 0.1) is 10.6 Å². The molecule has 19 heavy (non-hydrogen) atoms. The lowest BCUT2D eigenvalue weighted by molar-refractivity contribution is -0.137. The molecule has 0 spiro atoms. The van der Waals surface area contributed by atoms with E-state index in [0.717, 1.165) is 32.0 Å². The molecule has 2 N–H and O–H groups in total. The maximum atomic E-state index is 12.8. The van der Waals surface area contributed by atoms with E-state index >= 15 is 0 Å². The van der Waals surface area contributed by atoms with E-state index in [1.54, 1.807) is 0 Å². The zero-order valence-corrected chi connectivity index (χ0v) is 11.2. The van der Waals surface area contributed by atoms with Crippen molar-refractivity contribution in [2.24, 2.45) is 0 Å². The fourth-order valence-corrected chi connectivity index (χ4v) is 2.66. The monoisotopic (exact) mass is 292 g/mol. The zero-order valence-electron chi connectivity index (χ0n) is 10.4. The Labute approximate surface area is 115 Å². The second kappa shape index (κ2) is 5.59. The molecule has 106 valence electrons. The topological polar surface area (TPSA) is 29.3 Å². The Hall–Kier alpha value is -0.940. The first-order valence-corrected chi connectivity index (χ1v) is 6.63. The lowest BCUT2D eigenvalue weighted by Crippen LogP contribution is -2.29. The molecule has 0 atom stereocenters. The number of rotatable bonds is 2. The molecular formula is C13H16ClF3N2. The molecule has 1 fully saturated rings. The lowest BCUT2D eigenvalue weighted by atomic mass is 10.1. The standard InChI is InChI=1S/C13H16ClF3N2/c14-12-9(8-19-4-2-1-3-5-19)6-10(18)7-11(12)13(15,16)17/h6-7H,1-5,8,18H2. The van der Waals surface area contributed by atoms with Gasteiger partial charge in [-0.2, -0.15) is 13.2 Å². The SMILES string of the molecule is Nc1cc(CN2CCCCC2)c(Cl)c(C(F)(F)F)c1. The molecule has 1 aliphatic heterocycles. The van der Waals surface area contributed by atoms with Gasteiger partial charge < -0.3 is 5.73 Å². The average Bonchev–Trinajstić information content (AvgIpc) is 2.33. The number of hydrogen-bond acceptors (Lipinski definition) is 2. The Morgan fingerprint density at radius 2 is 1.79 bits per heavy atom. The van der Waals surface area contributed by atoms with E-state index < -0.39 is 11.7 Å². The van der Waals surface area contributed by atoms with Crippen molar-refractivity contribution in [3.8, 4) is 0 Å². The van der Waals surface area contributed by atoms with E-state index in [2.05, 4.69) is 4.90 Å². The van der Waals surface area contributed by atoms with Crippen molar-refractivity contribution in [1.29, 1.82) is 0 Å². The Morgan fingerprint density at radius 3 is 2.37 bits per heavy atom. The number of benzene rings is 1. The molecule has 0 unspecified atom stereocenters. The number of nitrogens with two attached hydrogens (primary N) is 1. The van der Waals surface area contributed by atoms with Crippen molar-refractivity contribution >= 4 is 17.3 Å². The quantitative estimate of drug-likeness (QED) is 0.837. The fourth-order valence-electron chi connectivity index (χ4n) is 2.39. The number of nitrogen functional groups attached to an aromatic ring is 1. The van der Waals surface area contributed by atoms with Gasteiger partial charge in [-0.15, -0.1) is 0 Å². The first kappa shape index (κ1) is 14.5. The maximum absolute atomic E-state index is 12.8. The molecule has 1 aliphatic rings. The Morgan fingerprint density at radius 1 is 1.16 bits per heavy atom. The second-order valence-corrected chi connectivity index (χ2v) is 5.25. The smallest absolute Gasteiger partial charge is 0.399 e. The number of hydrogen-bond donors (Lipinski definition) is 1. The van der Waals surface area contributed by atoms with Gasteiger partial charge in [-0.1, -0.05) is 18.0 Å². The van der Waals surface area contributed by atoms with Crippen LogP contribution in [0.2, 0.25) is 5.02 Å². The maximum Gasteiger partial charge on any atom is 0.417 e. The highest BCUT2D eigenvalue weighted by Crippen LogP contribution is 2.38. The van der Waals surface area contributed by atoms with Gasteiger partial charge in [-0.25, -0.2) is 0 Å². The van der Waals surface area contributed by atoms with E-state index in [4.69, 9.17) is 17.3 Å². The number of likely N-dealkylation sites (tertiary alicyclic amines) is 1. The summed E-state index contributed by atoms with van der Waals surface area (Å²) in [6.07, 6.45) is -1.14. The minimum Gasteiger partial charge on any atom is -0.399 e. The first-order valence-electron chi connectivity index (χ1n) is 6.25. The van der Waals surface area contributed by atoms with Gasteiger partial charge in [0.25, 0.3) is 0 Å². The van der Waals surface area contributed by atoms with Crippen LogP contribution in [0.4, 0.5) is 18.9 Å². The number of anilines is 1. The van der Waals surface area contributed by atoms with Crippen LogP contribution in [-0.2, 0) is 12.7 Å². The number of nitrogens with zero attached hydrogens (tertiary/aromatic N) is 1. The molecular weight excluding hydrogens is 277 g/mol. The Kier molecular flexibility index (Phi) is 4.26. The number of alkyl halides is 3. The summed E-state index contributed by atoms with van der Waals surface area (Å²) in [4.78, 5) is 2.12. The van der Waals surface area contributed by atoms with E-state index in [-0.39, 0.29) is 10.7 Å². The third kappa shape index (κ3) is 3.54. The molecule has 2 nitrogen and oxygen atoms in total. The van der Waals surface area contributed by atoms with Gasteiger partial charge >= 0.3 is 6.18 Å². The summed E-state index contributed by atoms with van der Waals surface area (Å²) in [6.45, 7) is 2.21. The largest absolute Gasteiger partial charge is 0.417 e. The third-order valence-electron chi connectivity index (χ3n) is 3.32. The molecule has 2 rings (SSSR count). The molecule has 0 bridgehead atoms. The summed E-state index contributed by atoms with van der Waals surface area (Å²) in [6, 6.07) is 2.42. The summed E-state index contributed by atoms with van der Waals surface area (Å²) in [5, 5.41) is -0.229. The summed E-state index contributed by atoms with van der Waals surface area (Å²) < 4.78 is 38.5. The molecule has 1 aromatic carbocycles. The molecule has 0 radical (unpaired) electrons. The first-order chi connectivity index (χ1) is 8.88. The molecule has 0 saturated carbocycles. The Bertz CT molecular complexity index is 454. The van der Waals surface area contributed by atoms with Crippen LogP contribution in [0.5, 0.6) is 0 Å². The highest BCUT2D eigenvalue weighted by Gasteiger charge is 2.34. The van der Waals surface area contributed by atoms with Gasteiger partial charge in [0.15, 0.2) is 0 Å². The molecule has 6 heteroatoms. The normalized spacial score (nSPS) is 17.7. The average molecular weight is 293 g/mol. The van der Waals surface area contributed by atoms with Gasteiger partial charge in [0.1, 0.15) is 0 Å². The van der Waals surface area contributed by atoms with E-state index in [9.17, 15) is 13.2 Å². The van der Waals surface area contributed by atoms with Crippen molar-refractivity contribution in [3.05, 3.63) is 28.3 Å². The zero-order chi connectivity index (χ0) is 14.0. The van der Waals surface area contributed by atoms with Crippen LogP contribution in [0.15, 0.2) is 12.1 Å². The van der Waals surface area contributed by atoms with Crippen LogP contribution >= 0.6 is 11.6 Å². The van der Waals surface area contributed by atoms with Crippen LogP contribution in [0, 0.1) is 0 Å². The van der Waals surface area contributed by atoms with Crippen LogP contribution in [0.25, 0.3) is 0 Å². The van der Waals surface area contributed by atoms with E-state index in [1.807, 2.05) is 0 Å². The molecule has 1 heterocycles.